The van der Waals surface area contributed by atoms with Crippen LogP contribution >= 0.6 is 0 Å². The molecule has 2 fully saturated rings. The first-order chi connectivity index (χ1) is 52.7. The van der Waals surface area contributed by atoms with Gasteiger partial charge in [0, 0.05) is 39.4 Å². The van der Waals surface area contributed by atoms with Crippen molar-refractivity contribution in [2.24, 2.45) is 0 Å². The fourth-order valence-electron chi connectivity index (χ4n) is 12.5. The number of aliphatic hydroxyl groups excluding tert-OH is 2. The molecule has 0 radical (unpaired) electrons. The monoisotopic (exact) mass is 1570 g/mol. The molecule has 584 valence electrons. The fraction of sp³-hybridized carbons (Fsp3) is 0.176. The van der Waals surface area contributed by atoms with Crippen molar-refractivity contribution in [1.82, 2.24) is 0 Å². The number of aromatic hydroxyl groups is 23. The van der Waals surface area contributed by atoms with Gasteiger partial charge in [0.1, 0.15) is 42.7 Å². The van der Waals surface area contributed by atoms with Crippen molar-refractivity contribution in [2.45, 2.75) is 61.4 Å². The maximum atomic E-state index is 15.1. The van der Waals surface area contributed by atoms with E-state index in [-0.39, 0.29) is 18.2 Å². The van der Waals surface area contributed by atoms with Gasteiger partial charge in [-0.25, -0.2) is 38.4 Å². The molecule has 0 amide bonds. The second-order valence-electron chi connectivity index (χ2n) is 24.6. The lowest BCUT2D eigenvalue weighted by molar-refractivity contribution is -0.284. The summed E-state index contributed by atoms with van der Waals surface area (Å²) in [6.07, 6.45) is -26.0. The number of ether oxygens (including phenoxy) is 11. The van der Waals surface area contributed by atoms with Crippen molar-refractivity contribution < 1.29 is 218 Å². The molecule has 13 rings (SSSR count). The Bertz CT molecular complexity index is 5510. The molecular weight excluding hydrogens is 1520 g/mol. The van der Waals surface area contributed by atoms with E-state index in [1.54, 1.807) is 0 Å². The molecule has 0 aliphatic carbocycles. The van der Waals surface area contributed by atoms with Crippen molar-refractivity contribution in [1.29, 1.82) is 0 Å². The van der Waals surface area contributed by atoms with Crippen LogP contribution in [0.2, 0.25) is 0 Å². The molecule has 8 aromatic carbocycles. The van der Waals surface area contributed by atoms with Gasteiger partial charge in [-0.1, -0.05) is 0 Å². The Balaban J connectivity index is 0.872. The SMILES string of the molecule is O=C(OC1C(O)OC2COC(=O)c3cc(O)c(O)c(O)c3-c3c(cc(O)c(O)c3O)C(=O)OC2C1O)c1cc(O)c(O)c(Oc2c(C(=O)OC3OC4COC(=O)c5cc(c(O)c(O)c5O)-c5c(cc(O)c(O)c5O)C(=O)OC4C4OC(=O)c5cc(O)c(O)c(O)c5-c5c(cc(O)c(O)c5O)C(=O)OC34)cc(O)c(O)c2O)c1. The average molecular weight is 1570 g/mol. The fourth-order valence-corrected chi connectivity index (χ4v) is 12.5. The third-order valence-electron chi connectivity index (χ3n) is 18.0. The molecule has 0 spiro atoms. The minimum absolute atomic E-state index is 0.178. The highest BCUT2D eigenvalue weighted by molar-refractivity contribution is 6.11. The number of hydrogen-bond acceptors (Lipinski definition) is 44. The van der Waals surface area contributed by atoms with Crippen LogP contribution in [0, 0.1) is 0 Å². The Hall–Kier alpha value is -15.4. The quantitative estimate of drug-likeness (QED) is 0.0640. The molecule has 25 N–H and O–H groups in total. The van der Waals surface area contributed by atoms with Crippen molar-refractivity contribution in [2.75, 3.05) is 13.2 Å². The predicted octanol–water partition coefficient (Wildman–Crippen LogP) is 1.75. The van der Waals surface area contributed by atoms with Gasteiger partial charge in [-0.3, -0.25) is 0 Å². The molecule has 10 unspecified atom stereocenters. The molecule has 0 aromatic heterocycles. The summed E-state index contributed by atoms with van der Waals surface area (Å²) in [5.41, 5.74) is -16.4. The van der Waals surface area contributed by atoms with Crippen LogP contribution in [-0.4, -0.2) is 250 Å². The number of rotatable bonds is 6. The number of aliphatic hydroxyl groups is 2. The first-order valence-electron chi connectivity index (χ1n) is 31.2. The molecule has 10 atom stereocenters. The van der Waals surface area contributed by atoms with Crippen LogP contribution in [0.15, 0.2) is 54.6 Å². The van der Waals surface area contributed by atoms with Crippen molar-refractivity contribution >= 4 is 47.8 Å². The summed E-state index contributed by atoms with van der Waals surface area (Å²) in [6, 6.07) is 3.12. The summed E-state index contributed by atoms with van der Waals surface area (Å²) >= 11 is 0. The second-order valence-corrected chi connectivity index (χ2v) is 24.6. The van der Waals surface area contributed by atoms with Crippen LogP contribution in [0.1, 0.15) is 82.9 Å². The molecule has 44 nitrogen and oxygen atoms in total. The van der Waals surface area contributed by atoms with Crippen LogP contribution in [-0.2, 0) is 47.4 Å². The highest BCUT2D eigenvalue weighted by atomic mass is 16.8. The van der Waals surface area contributed by atoms with Crippen molar-refractivity contribution in [3.05, 3.63) is 99.1 Å². The Morgan fingerprint density at radius 2 is 0.696 bits per heavy atom. The topological polar surface area (TPSA) is 744 Å². The molecular formula is C68H48O44. The lowest BCUT2D eigenvalue weighted by atomic mass is 9.91. The number of carbonyl (C=O) groups is 8. The van der Waals surface area contributed by atoms with Crippen LogP contribution in [0.5, 0.6) is 144 Å². The minimum atomic E-state index is -2.99. The summed E-state index contributed by atoms with van der Waals surface area (Å²) in [6.45, 7) is -2.70. The molecule has 2 bridgehead atoms. The number of benzene rings is 8. The number of phenols is 23. The zero-order valence-corrected chi connectivity index (χ0v) is 54.8. The molecule has 5 aliphatic rings. The van der Waals surface area contributed by atoms with E-state index in [0.29, 0.717) is 36.4 Å². The smallest absolute Gasteiger partial charge is 0.344 e. The van der Waals surface area contributed by atoms with Gasteiger partial charge in [0.15, 0.2) is 123 Å². The van der Waals surface area contributed by atoms with E-state index in [0.717, 1.165) is 0 Å². The first kappa shape index (κ1) is 74.8. The summed E-state index contributed by atoms with van der Waals surface area (Å²) < 4.78 is 61.2. The predicted molar refractivity (Wildman–Crippen MR) is 344 cm³/mol. The normalized spacial score (nSPS) is 21.3. The van der Waals surface area contributed by atoms with E-state index in [2.05, 4.69) is 0 Å². The highest BCUT2D eigenvalue weighted by Gasteiger charge is 2.57. The summed E-state index contributed by atoms with van der Waals surface area (Å²) in [5.74, 6) is -52.1. The summed E-state index contributed by atoms with van der Waals surface area (Å²) in [7, 11) is 0. The third-order valence-corrected chi connectivity index (χ3v) is 18.0. The van der Waals surface area contributed by atoms with E-state index in [1.807, 2.05) is 0 Å². The van der Waals surface area contributed by atoms with Gasteiger partial charge in [0.25, 0.3) is 0 Å². The third kappa shape index (κ3) is 12.0. The maximum absolute atomic E-state index is 15.1. The summed E-state index contributed by atoms with van der Waals surface area (Å²) in [5, 5.41) is 274. The minimum Gasteiger partial charge on any atom is -0.504 e. The number of hydrogen-bond donors (Lipinski definition) is 25. The van der Waals surface area contributed by atoms with Gasteiger partial charge in [-0.2, -0.15) is 0 Å². The lowest BCUT2D eigenvalue weighted by Gasteiger charge is -2.44. The Morgan fingerprint density at radius 3 is 1.18 bits per heavy atom. The van der Waals surface area contributed by atoms with Gasteiger partial charge >= 0.3 is 47.8 Å². The molecule has 0 saturated carbocycles. The number of esters is 8. The molecule has 44 heteroatoms. The van der Waals surface area contributed by atoms with Crippen LogP contribution in [0.4, 0.5) is 0 Å². The van der Waals surface area contributed by atoms with Crippen LogP contribution < -0.4 is 4.74 Å². The standard InChI is InChI=1S/C68H48O44/c69-21-1-12(59(93)109-56-52(92)54-29(105-67(56)101)10-102-60(94)15-5-23(71)40(80)46(86)32(15)33-16(63(97)107-54)6-24(72)41(81)47(33)87)2-28(38(21)78)104-53-20(9-27(75)44(84)51(53)91)66(100)112-68-58-57(110-64(98)17-7-25(73)42(82)48(88)34(17)35-18(65(99)111-58)8-26(74)43(83)49(35)89)55-30(106-68)11-103-61(95)19-3-13(36(76)50(90)37(19)77)31-14(62(96)108-55)4-22(70)39(79)45(31)85/h1-9,29-30,52,54-58,67-92,101H,10-11H2. The first-order valence-corrected chi connectivity index (χ1v) is 31.2. The van der Waals surface area contributed by atoms with E-state index < -0.39 is 344 Å². The molecule has 112 heavy (non-hydrogen) atoms. The molecule has 5 heterocycles. The summed E-state index contributed by atoms with van der Waals surface area (Å²) in [4.78, 5) is 116. The largest absolute Gasteiger partial charge is 0.504 e. The van der Waals surface area contributed by atoms with Crippen molar-refractivity contribution in [3.63, 3.8) is 0 Å². The number of carbonyl (C=O) groups excluding carboxylic acids is 8. The van der Waals surface area contributed by atoms with Gasteiger partial charge in [0.05, 0.1) is 33.4 Å². The molecule has 5 aliphatic heterocycles. The number of cyclic esters (lactones) is 2. The van der Waals surface area contributed by atoms with Gasteiger partial charge < -0.3 is 180 Å². The molecule has 2 saturated heterocycles. The maximum Gasteiger partial charge on any atom is 0.344 e. The van der Waals surface area contributed by atoms with Crippen LogP contribution in [0.3, 0.4) is 0 Å². The number of phenolic OH excluding ortho intramolecular Hbond substituents is 23. The van der Waals surface area contributed by atoms with E-state index in [4.69, 9.17) is 52.1 Å². The Kier molecular flexibility index (Phi) is 18.1. The second kappa shape index (κ2) is 27.1. The van der Waals surface area contributed by atoms with E-state index in [1.165, 1.54) is 0 Å². The zero-order valence-electron chi connectivity index (χ0n) is 54.8. The van der Waals surface area contributed by atoms with Crippen LogP contribution in [0.25, 0.3) is 33.4 Å². The Labute approximate surface area is 614 Å². The average Bonchev–Trinajstić information content (AvgIpc) is 1.04. The van der Waals surface area contributed by atoms with Crippen molar-refractivity contribution in [3.8, 4) is 177 Å². The van der Waals surface area contributed by atoms with Gasteiger partial charge in [-0.05, 0) is 48.5 Å². The molecule has 8 aromatic rings. The van der Waals surface area contributed by atoms with E-state index in [9.17, 15) is 161 Å². The lowest BCUT2D eigenvalue weighted by Crippen LogP contribution is -2.63. The Morgan fingerprint density at radius 1 is 0.321 bits per heavy atom. The highest BCUT2D eigenvalue weighted by Crippen LogP contribution is 2.58. The van der Waals surface area contributed by atoms with Gasteiger partial charge in [0.2, 0.25) is 64.1 Å². The van der Waals surface area contributed by atoms with E-state index >= 15 is 4.79 Å². The zero-order chi connectivity index (χ0) is 81.5. The van der Waals surface area contributed by atoms with Gasteiger partial charge in [-0.15, -0.1) is 0 Å². The number of fused-ring (bicyclic) bond motifs is 14.